The van der Waals surface area contributed by atoms with Crippen molar-refractivity contribution in [3.63, 3.8) is 0 Å². The minimum absolute atomic E-state index is 0.287. The van der Waals surface area contributed by atoms with E-state index in [0.29, 0.717) is 35.0 Å². The van der Waals surface area contributed by atoms with E-state index in [1.165, 1.54) is 12.4 Å². The minimum atomic E-state index is -0.287. The molecule has 1 amide bonds. The summed E-state index contributed by atoms with van der Waals surface area (Å²) in [5.41, 5.74) is 6.73. The molecular weight excluding hydrogens is 548 g/mol. The topological polar surface area (TPSA) is 98.7 Å². The number of carbonyl (C=O) groups is 1. The van der Waals surface area contributed by atoms with Crippen LogP contribution in [0.4, 0.5) is 22.9 Å². The normalized spacial score (nSPS) is 17.6. The second-order valence-electron chi connectivity index (χ2n) is 10.8. The molecular formula is C31H38N8O2S. The summed E-state index contributed by atoms with van der Waals surface area (Å²) in [5, 5.41) is 6.34. The zero-order chi connectivity index (χ0) is 29.8. The fourth-order valence-electron chi connectivity index (χ4n) is 5.28. The number of ether oxygens (including phenoxy) is 1. The number of hydrogen-bond donors (Lipinski definition) is 2. The van der Waals surface area contributed by atoms with Crippen LogP contribution in [0.5, 0.6) is 5.75 Å². The lowest BCUT2D eigenvalue weighted by Gasteiger charge is -2.43. The third-order valence-corrected chi connectivity index (χ3v) is 8.71. The fourth-order valence-corrected chi connectivity index (χ4v) is 6.00. The Bertz CT molecular complexity index is 1560. The van der Waals surface area contributed by atoms with E-state index in [1.807, 2.05) is 42.9 Å². The van der Waals surface area contributed by atoms with Gasteiger partial charge in [-0.2, -0.15) is 0 Å². The quantitative estimate of drug-likeness (QED) is 0.246. The number of nitrogens with zero attached hydrogens (tertiary/aromatic N) is 6. The lowest BCUT2D eigenvalue weighted by molar-refractivity contribution is -0.111. The predicted molar refractivity (Wildman–Crippen MR) is 172 cm³/mol. The summed E-state index contributed by atoms with van der Waals surface area (Å²) < 4.78 is 6.89. The van der Waals surface area contributed by atoms with E-state index >= 15 is 0 Å². The number of nitrogens with one attached hydrogen (secondary N) is 2. The molecule has 2 aromatic carbocycles. The second-order valence-corrected chi connectivity index (χ2v) is 11.6. The SMILES string of the molecule is C=CC(=O)Nc1cc(Nc2cc(-c3ccc4ncsc4c3)ncn2)c(OC)cc1N(C)CCN1C[C@@H](C)N(C)[C@@H](C)C1. The van der Waals surface area contributed by atoms with E-state index in [4.69, 9.17) is 4.74 Å². The van der Waals surface area contributed by atoms with Crippen molar-refractivity contribution in [1.82, 2.24) is 24.8 Å². The Balaban J connectivity index is 1.39. The summed E-state index contributed by atoms with van der Waals surface area (Å²) >= 11 is 1.59. The van der Waals surface area contributed by atoms with Crippen LogP contribution in [0, 0.1) is 0 Å². The average Bonchev–Trinajstić information content (AvgIpc) is 3.47. The number of fused-ring (bicyclic) bond motifs is 1. The Morgan fingerprint density at radius 2 is 1.93 bits per heavy atom. The molecule has 4 aromatic rings. The van der Waals surface area contributed by atoms with Gasteiger partial charge in [0.15, 0.2) is 0 Å². The Hall–Kier alpha value is -4.06. The molecule has 1 aliphatic rings. The maximum absolute atomic E-state index is 12.4. The smallest absolute Gasteiger partial charge is 0.247 e. The highest BCUT2D eigenvalue weighted by Crippen LogP contribution is 2.38. The summed E-state index contributed by atoms with van der Waals surface area (Å²) in [6.45, 7) is 11.9. The number of thiazole rings is 1. The summed E-state index contributed by atoms with van der Waals surface area (Å²) in [7, 11) is 5.86. The number of hydrogen-bond acceptors (Lipinski definition) is 10. The van der Waals surface area contributed by atoms with E-state index in [0.717, 1.165) is 53.3 Å². The van der Waals surface area contributed by atoms with Gasteiger partial charge in [0.05, 0.1) is 45.6 Å². The van der Waals surface area contributed by atoms with Gasteiger partial charge in [-0.3, -0.25) is 14.6 Å². The summed E-state index contributed by atoms with van der Waals surface area (Å²) in [6.07, 6.45) is 2.80. The molecule has 5 rings (SSSR count). The van der Waals surface area contributed by atoms with Gasteiger partial charge in [0.1, 0.15) is 17.9 Å². The fraction of sp³-hybridized carbons (Fsp3) is 0.355. The molecule has 220 valence electrons. The lowest BCUT2D eigenvalue weighted by Crippen LogP contribution is -2.55. The monoisotopic (exact) mass is 586 g/mol. The Morgan fingerprint density at radius 1 is 1.14 bits per heavy atom. The van der Waals surface area contributed by atoms with Gasteiger partial charge in [0.25, 0.3) is 0 Å². The first-order chi connectivity index (χ1) is 20.2. The van der Waals surface area contributed by atoms with Crippen LogP contribution in [0.15, 0.2) is 60.9 Å². The molecule has 42 heavy (non-hydrogen) atoms. The molecule has 1 aliphatic heterocycles. The standard InChI is InChI=1S/C31H38N8O2S/c1-7-31(40)36-25-13-26(35-30-14-24(32-18-33-30)22-8-9-23-29(12-22)42-19-34-23)28(41-6)15-27(25)37(4)10-11-39-16-20(2)38(5)21(3)17-39/h7-9,12-15,18-21H,1,10-11,16-17H2,2-6H3,(H,36,40)(H,32,33,35)/t20-,21+. The van der Waals surface area contributed by atoms with Gasteiger partial charge in [-0.15, -0.1) is 11.3 Å². The van der Waals surface area contributed by atoms with E-state index in [1.54, 1.807) is 18.4 Å². The third-order valence-electron chi connectivity index (χ3n) is 7.92. The number of benzene rings is 2. The first-order valence-electron chi connectivity index (χ1n) is 14.0. The largest absolute Gasteiger partial charge is 0.494 e. The van der Waals surface area contributed by atoms with Crippen molar-refractivity contribution in [2.45, 2.75) is 25.9 Å². The van der Waals surface area contributed by atoms with Crippen molar-refractivity contribution in [3.8, 4) is 17.0 Å². The van der Waals surface area contributed by atoms with E-state index in [-0.39, 0.29) is 5.91 Å². The molecule has 0 unspecified atom stereocenters. The van der Waals surface area contributed by atoms with Crippen LogP contribution in [0.3, 0.4) is 0 Å². The van der Waals surface area contributed by atoms with Crippen molar-refractivity contribution < 1.29 is 9.53 Å². The average molecular weight is 587 g/mol. The number of piperazine rings is 1. The molecule has 3 heterocycles. The van der Waals surface area contributed by atoms with Gasteiger partial charge in [-0.05, 0) is 45.2 Å². The molecule has 0 aliphatic carbocycles. The van der Waals surface area contributed by atoms with Crippen molar-refractivity contribution in [2.75, 3.05) is 62.9 Å². The Labute approximate surface area is 251 Å². The number of amides is 1. The molecule has 2 aromatic heterocycles. The van der Waals surface area contributed by atoms with Gasteiger partial charge < -0.3 is 20.3 Å². The summed E-state index contributed by atoms with van der Waals surface area (Å²) in [5.74, 6) is 0.940. The van der Waals surface area contributed by atoms with Crippen molar-refractivity contribution >= 4 is 50.3 Å². The van der Waals surface area contributed by atoms with Crippen LogP contribution >= 0.6 is 11.3 Å². The number of rotatable bonds is 10. The molecule has 0 radical (unpaired) electrons. The first kappa shape index (κ1) is 29.4. The number of anilines is 4. The van der Waals surface area contributed by atoms with Crippen LogP contribution in [0.25, 0.3) is 21.5 Å². The Morgan fingerprint density at radius 3 is 2.67 bits per heavy atom. The third kappa shape index (κ3) is 6.53. The highest BCUT2D eigenvalue weighted by molar-refractivity contribution is 7.16. The number of methoxy groups -OCH3 is 1. The predicted octanol–water partition coefficient (Wildman–Crippen LogP) is 5.09. The van der Waals surface area contributed by atoms with E-state index < -0.39 is 0 Å². The molecule has 0 bridgehead atoms. The van der Waals surface area contributed by atoms with Gasteiger partial charge in [-0.25, -0.2) is 15.0 Å². The van der Waals surface area contributed by atoms with Crippen LogP contribution < -0.4 is 20.3 Å². The second kappa shape index (κ2) is 12.8. The van der Waals surface area contributed by atoms with E-state index in [2.05, 4.69) is 73.8 Å². The molecule has 10 nitrogen and oxygen atoms in total. The highest BCUT2D eigenvalue weighted by Gasteiger charge is 2.26. The molecule has 2 atom stereocenters. The Kier molecular flexibility index (Phi) is 9.00. The minimum Gasteiger partial charge on any atom is -0.494 e. The zero-order valence-corrected chi connectivity index (χ0v) is 25.6. The van der Waals surface area contributed by atoms with Crippen LogP contribution in [-0.4, -0.2) is 90.1 Å². The molecule has 11 heteroatoms. The van der Waals surface area contributed by atoms with Crippen molar-refractivity contribution in [3.05, 3.63) is 60.9 Å². The van der Waals surface area contributed by atoms with Crippen molar-refractivity contribution in [1.29, 1.82) is 0 Å². The maximum Gasteiger partial charge on any atom is 0.247 e. The molecule has 2 N–H and O–H groups in total. The van der Waals surface area contributed by atoms with E-state index in [9.17, 15) is 4.79 Å². The highest BCUT2D eigenvalue weighted by atomic mass is 32.1. The molecule has 0 saturated carbocycles. The summed E-state index contributed by atoms with van der Waals surface area (Å²) in [4.78, 5) is 32.8. The van der Waals surface area contributed by atoms with Gasteiger partial charge in [-0.1, -0.05) is 12.6 Å². The maximum atomic E-state index is 12.4. The van der Waals surface area contributed by atoms with Crippen LogP contribution in [-0.2, 0) is 4.79 Å². The van der Waals surface area contributed by atoms with Gasteiger partial charge in [0.2, 0.25) is 5.91 Å². The summed E-state index contributed by atoms with van der Waals surface area (Å²) in [6, 6.07) is 12.8. The van der Waals surface area contributed by atoms with Gasteiger partial charge >= 0.3 is 0 Å². The number of carbonyl (C=O) groups excluding carboxylic acids is 1. The lowest BCUT2D eigenvalue weighted by atomic mass is 10.1. The first-order valence-corrected chi connectivity index (χ1v) is 14.9. The van der Waals surface area contributed by atoms with Gasteiger partial charge in [0, 0.05) is 63.0 Å². The molecule has 0 spiro atoms. The van der Waals surface area contributed by atoms with Crippen molar-refractivity contribution in [2.24, 2.45) is 0 Å². The zero-order valence-electron chi connectivity index (χ0n) is 24.8. The molecule has 1 saturated heterocycles. The van der Waals surface area contributed by atoms with Crippen LogP contribution in [0.2, 0.25) is 0 Å². The van der Waals surface area contributed by atoms with Crippen LogP contribution in [0.1, 0.15) is 13.8 Å². The number of aromatic nitrogens is 3. The number of likely N-dealkylation sites (N-methyl/N-ethyl adjacent to an activating group) is 2. The molecule has 1 fully saturated rings.